The lowest BCUT2D eigenvalue weighted by Gasteiger charge is -1.99. The summed E-state index contributed by atoms with van der Waals surface area (Å²) in [6.45, 7) is 2.09. The van der Waals surface area contributed by atoms with Crippen LogP contribution in [0.3, 0.4) is 0 Å². The quantitative estimate of drug-likeness (QED) is 0.825. The number of nitrogen functional groups attached to an aromatic ring is 1. The summed E-state index contributed by atoms with van der Waals surface area (Å²) in [7, 11) is 0. The van der Waals surface area contributed by atoms with Crippen LogP contribution in [0.5, 0.6) is 0 Å². The van der Waals surface area contributed by atoms with Gasteiger partial charge in [0.25, 0.3) is 0 Å². The van der Waals surface area contributed by atoms with E-state index >= 15 is 0 Å². The highest BCUT2D eigenvalue weighted by Crippen LogP contribution is 2.10. The van der Waals surface area contributed by atoms with E-state index in [1.807, 2.05) is 0 Å². The van der Waals surface area contributed by atoms with Gasteiger partial charge in [-0.1, -0.05) is 6.92 Å². The van der Waals surface area contributed by atoms with Crippen LogP contribution in [0.25, 0.3) is 0 Å². The minimum atomic E-state index is 0.587. The van der Waals surface area contributed by atoms with Crippen molar-refractivity contribution in [2.24, 2.45) is 0 Å². The van der Waals surface area contributed by atoms with Crippen LogP contribution in [0.1, 0.15) is 19.2 Å². The number of nitrogens with two attached hydrogens (primary N) is 1. The van der Waals surface area contributed by atoms with E-state index in [0.29, 0.717) is 5.82 Å². The first-order valence-corrected chi connectivity index (χ1v) is 4.58. The maximum Gasteiger partial charge on any atom is 0.140 e. The van der Waals surface area contributed by atoms with Crippen LogP contribution < -0.4 is 5.73 Å². The van der Waals surface area contributed by atoms with Gasteiger partial charge in [0.1, 0.15) is 11.6 Å². The number of anilines is 1. The average Bonchev–Trinajstić information content (AvgIpc) is 1.98. The second-order valence-corrected chi connectivity index (χ2v) is 3.43. The van der Waals surface area contributed by atoms with Gasteiger partial charge in [-0.05, 0) is 29.0 Å². The van der Waals surface area contributed by atoms with Crippen molar-refractivity contribution in [2.45, 2.75) is 19.8 Å². The SMILES string of the molecule is CCCc1ncc(I)c(N)n1. The topological polar surface area (TPSA) is 51.8 Å². The standard InChI is InChI=1S/C7H10IN3/c1-2-3-6-10-4-5(8)7(9)11-6/h4H,2-3H2,1H3,(H2,9,10,11). The van der Waals surface area contributed by atoms with E-state index in [1.54, 1.807) is 6.20 Å². The predicted molar refractivity (Wildman–Crippen MR) is 53.2 cm³/mol. The molecule has 0 radical (unpaired) electrons. The van der Waals surface area contributed by atoms with Crippen molar-refractivity contribution in [3.05, 3.63) is 15.6 Å². The van der Waals surface area contributed by atoms with Gasteiger partial charge in [0, 0.05) is 12.6 Å². The molecule has 2 N–H and O–H groups in total. The normalized spacial score (nSPS) is 10.0. The first-order chi connectivity index (χ1) is 5.24. The van der Waals surface area contributed by atoms with Crippen molar-refractivity contribution < 1.29 is 0 Å². The molecule has 1 heterocycles. The molecule has 0 spiro atoms. The molecule has 0 bridgehead atoms. The number of rotatable bonds is 2. The fourth-order valence-electron chi connectivity index (χ4n) is 0.763. The number of hydrogen-bond donors (Lipinski definition) is 1. The van der Waals surface area contributed by atoms with Crippen molar-refractivity contribution in [3.8, 4) is 0 Å². The van der Waals surface area contributed by atoms with E-state index in [1.165, 1.54) is 0 Å². The minimum absolute atomic E-state index is 0.587. The number of aryl methyl sites for hydroxylation is 1. The molecule has 1 aromatic heterocycles. The summed E-state index contributed by atoms with van der Waals surface area (Å²) in [5, 5.41) is 0. The summed E-state index contributed by atoms with van der Waals surface area (Å²) in [4.78, 5) is 8.25. The molecule has 0 saturated heterocycles. The van der Waals surface area contributed by atoms with Gasteiger partial charge in [0.15, 0.2) is 0 Å². The van der Waals surface area contributed by atoms with Gasteiger partial charge in [0.2, 0.25) is 0 Å². The first-order valence-electron chi connectivity index (χ1n) is 3.51. The van der Waals surface area contributed by atoms with Gasteiger partial charge >= 0.3 is 0 Å². The molecule has 0 aliphatic heterocycles. The second kappa shape index (κ2) is 3.85. The van der Waals surface area contributed by atoms with Crippen LogP contribution in [0.2, 0.25) is 0 Å². The minimum Gasteiger partial charge on any atom is -0.383 e. The highest BCUT2D eigenvalue weighted by molar-refractivity contribution is 14.1. The van der Waals surface area contributed by atoms with Gasteiger partial charge < -0.3 is 5.73 Å². The highest BCUT2D eigenvalue weighted by Gasteiger charge is 1.99. The maximum atomic E-state index is 5.59. The van der Waals surface area contributed by atoms with Gasteiger partial charge in [-0.3, -0.25) is 0 Å². The molecule has 0 atom stereocenters. The van der Waals surface area contributed by atoms with Crippen molar-refractivity contribution in [3.63, 3.8) is 0 Å². The van der Waals surface area contributed by atoms with Crippen LogP contribution in [0.4, 0.5) is 5.82 Å². The molecule has 3 nitrogen and oxygen atoms in total. The Bertz CT molecular complexity index is 249. The molecule has 0 amide bonds. The molecule has 0 fully saturated rings. The van der Waals surface area contributed by atoms with Gasteiger partial charge in [-0.15, -0.1) is 0 Å². The average molecular weight is 263 g/mol. The van der Waals surface area contributed by atoms with Crippen molar-refractivity contribution in [1.29, 1.82) is 0 Å². The van der Waals surface area contributed by atoms with E-state index in [0.717, 1.165) is 22.2 Å². The number of nitrogens with zero attached hydrogens (tertiary/aromatic N) is 2. The van der Waals surface area contributed by atoms with E-state index in [-0.39, 0.29) is 0 Å². The van der Waals surface area contributed by atoms with E-state index < -0.39 is 0 Å². The van der Waals surface area contributed by atoms with Crippen molar-refractivity contribution in [1.82, 2.24) is 9.97 Å². The lowest BCUT2D eigenvalue weighted by atomic mass is 10.3. The molecule has 4 heteroatoms. The zero-order valence-electron chi connectivity index (χ0n) is 6.34. The van der Waals surface area contributed by atoms with Crippen molar-refractivity contribution >= 4 is 28.4 Å². The molecule has 60 valence electrons. The Morgan fingerprint density at radius 3 is 2.91 bits per heavy atom. The summed E-state index contributed by atoms with van der Waals surface area (Å²) >= 11 is 2.12. The van der Waals surface area contributed by atoms with Crippen LogP contribution >= 0.6 is 22.6 Å². The smallest absolute Gasteiger partial charge is 0.140 e. The Balaban J connectivity index is 2.86. The molecule has 11 heavy (non-hydrogen) atoms. The first kappa shape index (κ1) is 8.70. The van der Waals surface area contributed by atoms with Gasteiger partial charge in [-0.2, -0.15) is 0 Å². The van der Waals surface area contributed by atoms with Crippen LogP contribution in [0.15, 0.2) is 6.20 Å². The molecular formula is C7H10IN3. The molecule has 1 rings (SSSR count). The van der Waals surface area contributed by atoms with Crippen molar-refractivity contribution in [2.75, 3.05) is 5.73 Å². The third kappa shape index (κ3) is 2.28. The molecule has 0 unspecified atom stereocenters. The lowest BCUT2D eigenvalue weighted by molar-refractivity contribution is 0.835. The largest absolute Gasteiger partial charge is 0.383 e. The van der Waals surface area contributed by atoms with E-state index in [4.69, 9.17) is 5.73 Å². The maximum absolute atomic E-state index is 5.59. The zero-order chi connectivity index (χ0) is 8.27. The van der Waals surface area contributed by atoms with Crippen LogP contribution in [0, 0.1) is 3.57 Å². The second-order valence-electron chi connectivity index (χ2n) is 2.27. The number of halogens is 1. The summed E-state index contributed by atoms with van der Waals surface area (Å²) in [6.07, 6.45) is 3.72. The number of aromatic nitrogens is 2. The third-order valence-corrected chi connectivity index (χ3v) is 2.13. The summed E-state index contributed by atoms with van der Waals surface area (Å²) in [6, 6.07) is 0. The molecule has 1 aromatic rings. The Hall–Kier alpha value is -0.390. The van der Waals surface area contributed by atoms with Crippen LogP contribution in [-0.2, 0) is 6.42 Å². The zero-order valence-corrected chi connectivity index (χ0v) is 8.50. The van der Waals surface area contributed by atoms with Gasteiger partial charge in [-0.25, -0.2) is 9.97 Å². The Morgan fingerprint density at radius 1 is 1.64 bits per heavy atom. The highest BCUT2D eigenvalue weighted by atomic mass is 127. The summed E-state index contributed by atoms with van der Waals surface area (Å²) in [5.41, 5.74) is 5.59. The molecule has 0 saturated carbocycles. The number of hydrogen-bond acceptors (Lipinski definition) is 3. The Labute approximate surface area is 79.6 Å². The fraction of sp³-hybridized carbons (Fsp3) is 0.429. The Kier molecular flexibility index (Phi) is 3.04. The predicted octanol–water partition coefficient (Wildman–Crippen LogP) is 1.62. The molecule has 0 aliphatic carbocycles. The van der Waals surface area contributed by atoms with E-state index in [9.17, 15) is 0 Å². The summed E-state index contributed by atoms with van der Waals surface area (Å²) in [5.74, 6) is 1.43. The Morgan fingerprint density at radius 2 is 2.36 bits per heavy atom. The molecule has 0 aliphatic rings. The summed E-state index contributed by atoms with van der Waals surface area (Å²) < 4.78 is 0.919. The third-order valence-electron chi connectivity index (χ3n) is 1.29. The molecule has 0 aromatic carbocycles. The molecular weight excluding hydrogens is 253 g/mol. The fourth-order valence-corrected chi connectivity index (χ4v) is 1.02. The van der Waals surface area contributed by atoms with Gasteiger partial charge in [0.05, 0.1) is 3.57 Å². The van der Waals surface area contributed by atoms with E-state index in [2.05, 4.69) is 39.5 Å². The monoisotopic (exact) mass is 263 g/mol. The van der Waals surface area contributed by atoms with Crippen LogP contribution in [-0.4, -0.2) is 9.97 Å². The lowest BCUT2D eigenvalue weighted by Crippen LogP contribution is -2.00.